The van der Waals surface area contributed by atoms with E-state index in [0.29, 0.717) is 5.56 Å². The van der Waals surface area contributed by atoms with Gasteiger partial charge in [0, 0.05) is 13.6 Å². The van der Waals surface area contributed by atoms with E-state index in [-0.39, 0.29) is 18.1 Å². The molecular formula is C18H22FNO3S. The molecule has 0 aliphatic carbocycles. The Balaban J connectivity index is 2.07. The van der Waals surface area contributed by atoms with Crippen LogP contribution >= 0.6 is 0 Å². The summed E-state index contributed by atoms with van der Waals surface area (Å²) in [4.78, 5) is 0. The van der Waals surface area contributed by atoms with Crippen LogP contribution in [0.3, 0.4) is 0 Å². The molecule has 0 heterocycles. The van der Waals surface area contributed by atoms with Crippen LogP contribution in [0.1, 0.15) is 24.0 Å². The number of halogens is 1. The lowest BCUT2D eigenvalue weighted by Crippen LogP contribution is -2.30. The van der Waals surface area contributed by atoms with Gasteiger partial charge in [0.15, 0.2) is 0 Å². The summed E-state index contributed by atoms with van der Waals surface area (Å²) in [5.41, 5.74) is 1.28. The summed E-state index contributed by atoms with van der Waals surface area (Å²) in [5, 5.41) is 0. The number of hydrogen-bond acceptors (Lipinski definition) is 3. The summed E-state index contributed by atoms with van der Waals surface area (Å²) >= 11 is 0. The van der Waals surface area contributed by atoms with Crippen LogP contribution in [-0.4, -0.2) is 32.6 Å². The highest BCUT2D eigenvalue weighted by atomic mass is 32.2. The fourth-order valence-electron chi connectivity index (χ4n) is 2.49. The van der Waals surface area contributed by atoms with Crippen LogP contribution in [0.2, 0.25) is 0 Å². The molecule has 0 saturated carbocycles. The minimum Gasteiger partial charge on any atom is -0.497 e. The smallest absolute Gasteiger partial charge is 0.214 e. The van der Waals surface area contributed by atoms with Crippen molar-refractivity contribution in [3.63, 3.8) is 0 Å². The average Bonchev–Trinajstić information content (AvgIpc) is 2.55. The lowest BCUT2D eigenvalue weighted by atomic mass is 10.0. The molecule has 1 atom stereocenters. The highest BCUT2D eigenvalue weighted by Gasteiger charge is 2.23. The SMILES string of the molecule is COc1ccc(CN(C)S(=O)(=O)CC(C)c2ccccc2F)cc1. The summed E-state index contributed by atoms with van der Waals surface area (Å²) in [7, 11) is -0.388. The van der Waals surface area contributed by atoms with Crippen molar-refractivity contribution in [2.24, 2.45) is 0 Å². The lowest BCUT2D eigenvalue weighted by Gasteiger charge is -2.20. The maximum atomic E-state index is 13.8. The Kier molecular flexibility index (Phi) is 5.96. The summed E-state index contributed by atoms with van der Waals surface area (Å²) in [5.74, 6) is -0.217. The average molecular weight is 351 g/mol. The Morgan fingerprint density at radius 1 is 1.12 bits per heavy atom. The van der Waals surface area contributed by atoms with Crippen LogP contribution in [0.4, 0.5) is 4.39 Å². The molecule has 0 fully saturated rings. The third-order valence-electron chi connectivity index (χ3n) is 3.94. The number of nitrogens with zero attached hydrogens (tertiary/aromatic N) is 1. The first-order valence-electron chi connectivity index (χ1n) is 7.65. The van der Waals surface area contributed by atoms with Gasteiger partial charge < -0.3 is 4.74 Å². The van der Waals surface area contributed by atoms with Gasteiger partial charge in [0.25, 0.3) is 0 Å². The van der Waals surface area contributed by atoms with E-state index in [1.54, 1.807) is 44.4 Å². The van der Waals surface area contributed by atoms with E-state index < -0.39 is 15.9 Å². The maximum absolute atomic E-state index is 13.8. The Labute approximate surface area is 142 Å². The zero-order chi connectivity index (χ0) is 17.7. The minimum atomic E-state index is -3.50. The molecule has 2 aromatic rings. The molecule has 6 heteroatoms. The van der Waals surface area contributed by atoms with Crippen molar-refractivity contribution in [3.8, 4) is 5.75 Å². The van der Waals surface area contributed by atoms with Gasteiger partial charge in [-0.2, -0.15) is 0 Å². The van der Waals surface area contributed by atoms with Gasteiger partial charge >= 0.3 is 0 Å². The molecule has 0 bridgehead atoms. The Morgan fingerprint density at radius 2 is 1.75 bits per heavy atom. The van der Waals surface area contributed by atoms with E-state index in [0.717, 1.165) is 11.3 Å². The van der Waals surface area contributed by atoms with Crippen molar-refractivity contribution >= 4 is 10.0 Å². The number of sulfonamides is 1. The fraction of sp³-hybridized carbons (Fsp3) is 0.333. The molecule has 24 heavy (non-hydrogen) atoms. The van der Waals surface area contributed by atoms with E-state index in [4.69, 9.17) is 4.74 Å². The van der Waals surface area contributed by atoms with Gasteiger partial charge in [-0.25, -0.2) is 17.1 Å². The van der Waals surface area contributed by atoms with Crippen LogP contribution in [0.25, 0.3) is 0 Å². The van der Waals surface area contributed by atoms with Crippen LogP contribution in [0.15, 0.2) is 48.5 Å². The number of hydrogen-bond donors (Lipinski definition) is 0. The van der Waals surface area contributed by atoms with E-state index in [9.17, 15) is 12.8 Å². The van der Waals surface area contributed by atoms with Crippen LogP contribution in [0.5, 0.6) is 5.75 Å². The molecule has 0 aromatic heterocycles. The molecule has 2 rings (SSSR count). The minimum absolute atomic E-state index is 0.138. The second-order valence-corrected chi connectivity index (χ2v) is 7.93. The number of benzene rings is 2. The van der Waals surface area contributed by atoms with Gasteiger partial charge in [-0.1, -0.05) is 37.3 Å². The van der Waals surface area contributed by atoms with Gasteiger partial charge in [0.2, 0.25) is 10.0 Å². The number of ether oxygens (including phenoxy) is 1. The normalized spacial score (nSPS) is 13.0. The predicted octanol–water partition coefficient (Wildman–Crippen LogP) is 3.40. The topological polar surface area (TPSA) is 46.6 Å². The second-order valence-electron chi connectivity index (χ2n) is 5.81. The first kappa shape index (κ1) is 18.4. The third-order valence-corrected chi connectivity index (χ3v) is 5.94. The molecular weight excluding hydrogens is 329 g/mol. The zero-order valence-electron chi connectivity index (χ0n) is 14.1. The standard InChI is InChI=1S/C18H22FNO3S/c1-14(17-6-4-5-7-18(17)19)13-24(21,22)20(2)12-15-8-10-16(23-3)11-9-15/h4-11,14H,12-13H2,1-3H3. The molecule has 4 nitrogen and oxygen atoms in total. The van der Waals surface area contributed by atoms with Crippen molar-refractivity contribution in [2.45, 2.75) is 19.4 Å². The lowest BCUT2D eigenvalue weighted by molar-refractivity contribution is 0.414. The molecule has 0 spiro atoms. The van der Waals surface area contributed by atoms with Gasteiger partial charge in [-0.15, -0.1) is 0 Å². The van der Waals surface area contributed by atoms with Crippen molar-refractivity contribution in [2.75, 3.05) is 19.9 Å². The summed E-state index contributed by atoms with van der Waals surface area (Å²) in [6, 6.07) is 13.5. The van der Waals surface area contributed by atoms with Crippen molar-refractivity contribution in [1.29, 1.82) is 0 Å². The van der Waals surface area contributed by atoms with Crippen LogP contribution < -0.4 is 4.74 Å². The van der Waals surface area contributed by atoms with Gasteiger partial charge in [-0.05, 0) is 35.2 Å². The summed E-state index contributed by atoms with van der Waals surface area (Å²) < 4.78 is 45.3. The largest absolute Gasteiger partial charge is 0.497 e. The Hall–Kier alpha value is -1.92. The first-order valence-corrected chi connectivity index (χ1v) is 9.26. The molecule has 0 saturated heterocycles. The van der Waals surface area contributed by atoms with Gasteiger partial charge in [0.05, 0.1) is 12.9 Å². The van der Waals surface area contributed by atoms with Gasteiger partial charge in [0.1, 0.15) is 11.6 Å². The van der Waals surface area contributed by atoms with E-state index in [1.165, 1.54) is 17.4 Å². The summed E-state index contributed by atoms with van der Waals surface area (Å²) in [6.07, 6.45) is 0. The fourth-order valence-corrected chi connectivity index (χ4v) is 3.91. The number of methoxy groups -OCH3 is 1. The number of rotatable bonds is 7. The Morgan fingerprint density at radius 3 is 2.33 bits per heavy atom. The second kappa shape index (κ2) is 7.77. The van der Waals surface area contributed by atoms with E-state index >= 15 is 0 Å². The van der Waals surface area contributed by atoms with Crippen LogP contribution in [-0.2, 0) is 16.6 Å². The molecule has 130 valence electrons. The van der Waals surface area contributed by atoms with E-state index in [1.807, 2.05) is 12.1 Å². The van der Waals surface area contributed by atoms with Crippen molar-refractivity contribution < 1.29 is 17.5 Å². The predicted molar refractivity (Wildman–Crippen MR) is 93.1 cm³/mol. The van der Waals surface area contributed by atoms with Crippen molar-refractivity contribution in [3.05, 3.63) is 65.5 Å². The molecule has 1 unspecified atom stereocenters. The van der Waals surface area contributed by atoms with Crippen LogP contribution in [0, 0.1) is 5.82 Å². The highest BCUT2D eigenvalue weighted by Crippen LogP contribution is 2.22. The molecule has 0 aliphatic rings. The van der Waals surface area contributed by atoms with Gasteiger partial charge in [-0.3, -0.25) is 0 Å². The molecule has 0 radical (unpaired) electrons. The molecule has 2 aromatic carbocycles. The monoisotopic (exact) mass is 351 g/mol. The molecule has 0 N–H and O–H groups in total. The van der Waals surface area contributed by atoms with E-state index in [2.05, 4.69) is 0 Å². The maximum Gasteiger partial charge on any atom is 0.214 e. The Bertz CT molecular complexity index is 775. The van der Waals surface area contributed by atoms with Crippen molar-refractivity contribution in [1.82, 2.24) is 4.31 Å². The third kappa shape index (κ3) is 4.55. The zero-order valence-corrected chi connectivity index (χ0v) is 14.9. The molecule has 0 aliphatic heterocycles. The first-order chi connectivity index (χ1) is 11.3. The summed E-state index contributed by atoms with van der Waals surface area (Å²) in [6.45, 7) is 1.98. The molecule has 0 amide bonds. The highest BCUT2D eigenvalue weighted by molar-refractivity contribution is 7.89. The quantitative estimate of drug-likeness (QED) is 0.768.